The van der Waals surface area contributed by atoms with Crippen LogP contribution in [-0.2, 0) is 0 Å². The summed E-state index contributed by atoms with van der Waals surface area (Å²) in [5.41, 5.74) is 3.59. The van der Waals surface area contributed by atoms with Crippen LogP contribution in [0.4, 0.5) is 5.00 Å². The van der Waals surface area contributed by atoms with Gasteiger partial charge >= 0.3 is 0 Å². The molecule has 5 rings (SSSR count). The first kappa shape index (κ1) is 22.4. The van der Waals surface area contributed by atoms with E-state index in [0.29, 0.717) is 0 Å². The van der Waals surface area contributed by atoms with Crippen LogP contribution in [0.2, 0.25) is 0 Å². The average Bonchev–Trinajstić information content (AvgIpc) is 3.58. The minimum Gasteiger partial charge on any atom is -0.454 e. The molecule has 2 aromatic heterocycles. The molecule has 1 aromatic carbocycles. The third-order valence-electron chi connectivity index (χ3n) is 6.61. The summed E-state index contributed by atoms with van der Waals surface area (Å²) in [5.74, 6) is 1.53. The lowest BCUT2D eigenvalue weighted by atomic mass is 9.94. The molecule has 1 fully saturated rings. The maximum atomic E-state index is 13.0. The number of carbonyl (C=O) groups excluding carboxylic acids is 1. The number of hydrogen-bond donors (Lipinski definition) is 1. The van der Waals surface area contributed by atoms with Gasteiger partial charge in [0.15, 0.2) is 11.5 Å². The van der Waals surface area contributed by atoms with E-state index in [1.807, 2.05) is 23.6 Å². The Bertz CT molecular complexity index is 1130. The number of aryl methyl sites for hydroxylation is 1. The molecule has 0 bridgehead atoms. The summed E-state index contributed by atoms with van der Waals surface area (Å²) in [5, 5.41) is 6.10. The Morgan fingerprint density at radius 2 is 1.91 bits per heavy atom. The van der Waals surface area contributed by atoms with Crippen molar-refractivity contribution in [3.63, 3.8) is 0 Å². The van der Waals surface area contributed by atoms with Gasteiger partial charge in [-0.1, -0.05) is 19.1 Å². The van der Waals surface area contributed by atoms with Gasteiger partial charge in [-0.3, -0.25) is 9.69 Å². The van der Waals surface area contributed by atoms with E-state index in [-0.39, 0.29) is 18.7 Å². The zero-order valence-corrected chi connectivity index (χ0v) is 20.9. The Morgan fingerprint density at radius 1 is 1.12 bits per heavy atom. The molecular weight excluding hydrogens is 454 g/mol. The molecule has 1 atom stereocenters. The van der Waals surface area contributed by atoms with Crippen molar-refractivity contribution < 1.29 is 14.3 Å². The summed E-state index contributed by atoms with van der Waals surface area (Å²) in [7, 11) is 0. The topological polar surface area (TPSA) is 54.0 Å². The molecule has 1 unspecified atom stereocenters. The molecule has 6 nitrogen and oxygen atoms in total. The van der Waals surface area contributed by atoms with Crippen LogP contribution in [0, 0.1) is 13.8 Å². The van der Waals surface area contributed by atoms with Crippen molar-refractivity contribution in [1.82, 2.24) is 9.80 Å². The minimum atomic E-state index is -0.0484. The molecule has 0 aliphatic carbocycles. The van der Waals surface area contributed by atoms with Crippen LogP contribution in [0.1, 0.15) is 44.2 Å². The fourth-order valence-corrected chi connectivity index (χ4v) is 6.33. The molecule has 0 saturated carbocycles. The summed E-state index contributed by atoms with van der Waals surface area (Å²) in [6.45, 7) is 11.9. The monoisotopic (exact) mass is 483 g/mol. The number of piperazine rings is 1. The molecule has 0 radical (unpaired) electrons. The van der Waals surface area contributed by atoms with E-state index in [0.717, 1.165) is 59.7 Å². The Morgan fingerprint density at radius 3 is 2.64 bits per heavy atom. The first-order chi connectivity index (χ1) is 16.0. The number of ether oxygens (including phenoxy) is 2. The van der Waals surface area contributed by atoms with E-state index in [4.69, 9.17) is 9.47 Å². The van der Waals surface area contributed by atoms with Crippen molar-refractivity contribution in [1.29, 1.82) is 0 Å². The lowest BCUT2D eigenvalue weighted by Gasteiger charge is -2.39. The third-order valence-corrected chi connectivity index (χ3v) is 8.62. The van der Waals surface area contributed by atoms with Gasteiger partial charge in [0.25, 0.3) is 5.91 Å². The molecule has 3 aromatic rings. The van der Waals surface area contributed by atoms with Crippen molar-refractivity contribution in [2.75, 3.05) is 44.8 Å². The predicted molar refractivity (Wildman–Crippen MR) is 134 cm³/mol. The fraction of sp³-hybridized carbons (Fsp3) is 0.400. The maximum absolute atomic E-state index is 13.0. The summed E-state index contributed by atoms with van der Waals surface area (Å²) < 4.78 is 11.3. The minimum absolute atomic E-state index is 0.0297. The number of rotatable bonds is 6. The van der Waals surface area contributed by atoms with Crippen LogP contribution in [-0.4, -0.2) is 55.2 Å². The first-order valence-corrected chi connectivity index (χ1v) is 13.1. The highest BCUT2D eigenvalue weighted by Crippen LogP contribution is 2.45. The quantitative estimate of drug-likeness (QED) is 0.527. The van der Waals surface area contributed by atoms with Crippen LogP contribution in [0.5, 0.6) is 11.5 Å². The number of fused-ring (bicyclic) bond motifs is 1. The number of hydrogen-bond acceptors (Lipinski definition) is 7. The number of anilines is 1. The summed E-state index contributed by atoms with van der Waals surface area (Å²) in [6.07, 6.45) is 0. The van der Waals surface area contributed by atoms with Crippen molar-refractivity contribution >= 4 is 33.6 Å². The molecule has 8 heteroatoms. The molecule has 4 heterocycles. The van der Waals surface area contributed by atoms with Gasteiger partial charge in [-0.25, -0.2) is 0 Å². The van der Waals surface area contributed by atoms with Gasteiger partial charge in [0, 0.05) is 36.6 Å². The van der Waals surface area contributed by atoms with Gasteiger partial charge in [0.1, 0.15) is 5.00 Å². The van der Waals surface area contributed by atoms with E-state index in [2.05, 4.69) is 48.0 Å². The number of benzene rings is 1. The van der Waals surface area contributed by atoms with Gasteiger partial charge in [-0.2, -0.15) is 0 Å². The Hall–Kier alpha value is -2.39. The number of thiophene rings is 2. The van der Waals surface area contributed by atoms with Crippen molar-refractivity contribution in [2.24, 2.45) is 0 Å². The number of nitrogens with zero attached hydrogens (tertiary/aromatic N) is 2. The van der Waals surface area contributed by atoms with Gasteiger partial charge in [-0.05, 0) is 55.1 Å². The maximum Gasteiger partial charge on any atom is 0.266 e. The second kappa shape index (κ2) is 9.46. The lowest BCUT2D eigenvalue weighted by Crippen LogP contribution is -2.47. The van der Waals surface area contributed by atoms with E-state index >= 15 is 0 Å². The number of carbonyl (C=O) groups is 1. The molecule has 33 heavy (non-hydrogen) atoms. The van der Waals surface area contributed by atoms with Crippen molar-refractivity contribution in [2.45, 2.75) is 26.8 Å². The summed E-state index contributed by atoms with van der Waals surface area (Å²) in [4.78, 5) is 19.9. The molecule has 0 spiro atoms. The van der Waals surface area contributed by atoms with Gasteiger partial charge in [-0.15, -0.1) is 22.7 Å². The van der Waals surface area contributed by atoms with E-state index in [1.165, 1.54) is 27.3 Å². The smallest absolute Gasteiger partial charge is 0.266 e. The van der Waals surface area contributed by atoms with E-state index in [9.17, 15) is 4.79 Å². The van der Waals surface area contributed by atoms with Gasteiger partial charge < -0.3 is 19.7 Å². The lowest BCUT2D eigenvalue weighted by molar-refractivity contribution is 0.102. The fourth-order valence-electron chi connectivity index (χ4n) is 4.62. The number of likely N-dealkylation sites (N-methyl/N-ethyl adjacent to an activating group) is 1. The van der Waals surface area contributed by atoms with Crippen LogP contribution in [0.3, 0.4) is 0 Å². The molecule has 1 saturated heterocycles. The summed E-state index contributed by atoms with van der Waals surface area (Å²) >= 11 is 3.13. The van der Waals surface area contributed by atoms with Gasteiger partial charge in [0.2, 0.25) is 6.79 Å². The average molecular weight is 484 g/mol. The number of nitrogens with one attached hydrogen (secondary N) is 1. The number of amides is 1. The van der Waals surface area contributed by atoms with Crippen molar-refractivity contribution in [3.05, 3.63) is 62.2 Å². The highest BCUT2D eigenvalue weighted by atomic mass is 32.1. The second-order valence-electron chi connectivity index (χ2n) is 8.44. The molecule has 2 aliphatic rings. The molecule has 1 N–H and O–H groups in total. The first-order valence-electron chi connectivity index (χ1n) is 11.4. The highest BCUT2D eigenvalue weighted by Gasteiger charge is 2.32. The molecule has 2 aliphatic heterocycles. The predicted octanol–water partition coefficient (Wildman–Crippen LogP) is 5.13. The normalized spacial score (nSPS) is 17.3. The second-order valence-corrected chi connectivity index (χ2v) is 10.6. The summed E-state index contributed by atoms with van der Waals surface area (Å²) in [6, 6.07) is 10.1. The Labute approximate surface area is 202 Å². The standard InChI is InChI=1S/C25H29N3O3S2/c1-4-27-9-11-28(12-10-27)23(18-7-8-19-20(14-18)31-15-30-19)22-16(2)17(3)33-25(22)26-24(29)21-6-5-13-32-21/h5-8,13-14,23H,4,9-12,15H2,1-3H3,(H,26,29). The zero-order valence-electron chi connectivity index (χ0n) is 19.2. The highest BCUT2D eigenvalue weighted by molar-refractivity contribution is 7.17. The largest absolute Gasteiger partial charge is 0.454 e. The SMILES string of the molecule is CCN1CCN(C(c2ccc3c(c2)OCO3)c2c(NC(=O)c3cccs3)sc(C)c2C)CC1. The van der Waals surface area contributed by atoms with E-state index in [1.54, 1.807) is 11.3 Å². The zero-order chi connectivity index (χ0) is 22.9. The Kier molecular flexibility index (Phi) is 6.42. The van der Waals surface area contributed by atoms with Crippen LogP contribution in [0.15, 0.2) is 35.7 Å². The van der Waals surface area contributed by atoms with Crippen LogP contribution >= 0.6 is 22.7 Å². The van der Waals surface area contributed by atoms with Crippen LogP contribution < -0.4 is 14.8 Å². The molecule has 1 amide bonds. The molecule has 174 valence electrons. The van der Waals surface area contributed by atoms with Gasteiger partial charge in [0.05, 0.1) is 10.9 Å². The Balaban J connectivity index is 1.56. The van der Waals surface area contributed by atoms with E-state index < -0.39 is 0 Å². The third kappa shape index (κ3) is 4.40. The van der Waals surface area contributed by atoms with Crippen molar-refractivity contribution in [3.8, 4) is 11.5 Å². The van der Waals surface area contributed by atoms with Crippen LogP contribution in [0.25, 0.3) is 0 Å². The molecular formula is C25H29N3O3S2.